The molecule has 0 aliphatic carbocycles. The summed E-state index contributed by atoms with van der Waals surface area (Å²) in [6.07, 6.45) is 1.86. The van der Waals surface area contributed by atoms with E-state index in [1.165, 1.54) is 22.5 Å². The number of halogens is 1. The van der Waals surface area contributed by atoms with Gasteiger partial charge >= 0.3 is 0 Å². The van der Waals surface area contributed by atoms with Crippen LogP contribution in [0.2, 0.25) is 0 Å². The third kappa shape index (κ3) is 4.77. The number of carbonyl (C=O) groups excluding carboxylic acids is 1. The molecule has 1 fully saturated rings. The van der Waals surface area contributed by atoms with E-state index in [2.05, 4.69) is 5.32 Å². The van der Waals surface area contributed by atoms with E-state index < -0.39 is 15.8 Å². The third-order valence-electron chi connectivity index (χ3n) is 4.51. The zero-order valence-electron chi connectivity index (χ0n) is 14.2. The van der Waals surface area contributed by atoms with Crippen LogP contribution in [-0.4, -0.2) is 37.8 Å². The molecule has 0 spiro atoms. The molecule has 1 heterocycles. The van der Waals surface area contributed by atoms with Gasteiger partial charge in [0.1, 0.15) is 5.82 Å². The number of nitrogens with one attached hydrogen (secondary N) is 1. The molecule has 1 aromatic rings. The molecular formula is C17H25FN2O3S. The molecule has 0 aromatic heterocycles. The number of benzene rings is 1. The average Bonchev–Trinajstić information content (AvgIpc) is 2.56. The van der Waals surface area contributed by atoms with Crippen molar-refractivity contribution < 1.29 is 17.6 Å². The Hall–Kier alpha value is -1.47. The number of rotatable bonds is 6. The number of sulfonamides is 1. The molecule has 1 aliphatic heterocycles. The smallest absolute Gasteiger partial charge is 0.223 e. The van der Waals surface area contributed by atoms with Gasteiger partial charge in [-0.3, -0.25) is 4.79 Å². The van der Waals surface area contributed by atoms with E-state index in [0.29, 0.717) is 25.9 Å². The van der Waals surface area contributed by atoms with Crippen LogP contribution in [0.4, 0.5) is 4.39 Å². The van der Waals surface area contributed by atoms with Crippen LogP contribution in [0.15, 0.2) is 24.3 Å². The molecule has 0 unspecified atom stereocenters. The number of carbonyl (C=O) groups is 1. The van der Waals surface area contributed by atoms with Crippen LogP contribution in [0.25, 0.3) is 0 Å². The predicted octanol–water partition coefficient (Wildman–Crippen LogP) is 2.28. The molecule has 1 saturated heterocycles. The van der Waals surface area contributed by atoms with E-state index in [1.807, 2.05) is 13.8 Å². The molecule has 1 atom stereocenters. The Kier molecular flexibility index (Phi) is 6.34. The molecule has 1 aliphatic rings. The minimum absolute atomic E-state index is 0.00417. The van der Waals surface area contributed by atoms with Gasteiger partial charge in [-0.05, 0) is 32.3 Å². The lowest BCUT2D eigenvalue weighted by Gasteiger charge is -2.31. The van der Waals surface area contributed by atoms with Gasteiger partial charge in [0.2, 0.25) is 15.9 Å². The van der Waals surface area contributed by atoms with Crippen LogP contribution in [0, 0.1) is 11.7 Å². The molecular weight excluding hydrogens is 331 g/mol. The number of amides is 1. The zero-order valence-corrected chi connectivity index (χ0v) is 15.0. The van der Waals surface area contributed by atoms with Crippen molar-refractivity contribution >= 4 is 15.9 Å². The van der Waals surface area contributed by atoms with E-state index >= 15 is 0 Å². The maximum absolute atomic E-state index is 13.7. The lowest BCUT2D eigenvalue weighted by atomic mass is 9.97. The van der Waals surface area contributed by atoms with Crippen molar-refractivity contribution in [2.45, 2.75) is 44.9 Å². The second-order valence-corrected chi connectivity index (χ2v) is 8.31. The third-order valence-corrected chi connectivity index (χ3v) is 6.34. The summed E-state index contributed by atoms with van der Waals surface area (Å²) < 4.78 is 40.0. The van der Waals surface area contributed by atoms with Crippen LogP contribution in [-0.2, 0) is 20.6 Å². The summed E-state index contributed by atoms with van der Waals surface area (Å²) in [4.78, 5) is 12.1. The van der Waals surface area contributed by atoms with Crippen LogP contribution < -0.4 is 5.32 Å². The summed E-state index contributed by atoms with van der Waals surface area (Å²) >= 11 is 0. The van der Waals surface area contributed by atoms with Crippen molar-refractivity contribution in [1.29, 1.82) is 0 Å². The first-order valence-corrected chi connectivity index (χ1v) is 9.96. The molecule has 1 N–H and O–H groups in total. The van der Waals surface area contributed by atoms with Crippen LogP contribution in [0.1, 0.15) is 38.7 Å². The van der Waals surface area contributed by atoms with Gasteiger partial charge in [-0.2, -0.15) is 0 Å². The minimum atomic E-state index is -3.57. The van der Waals surface area contributed by atoms with E-state index in [1.54, 1.807) is 6.07 Å². The number of hydrogen-bond acceptors (Lipinski definition) is 3. The fourth-order valence-electron chi connectivity index (χ4n) is 2.76. The largest absolute Gasteiger partial charge is 0.353 e. The molecule has 134 valence electrons. The fourth-order valence-corrected chi connectivity index (χ4v) is 4.34. The topological polar surface area (TPSA) is 66.5 Å². The highest BCUT2D eigenvalue weighted by Gasteiger charge is 2.31. The summed E-state index contributed by atoms with van der Waals surface area (Å²) in [7, 11) is -3.57. The highest BCUT2D eigenvalue weighted by molar-refractivity contribution is 7.88. The van der Waals surface area contributed by atoms with Crippen molar-refractivity contribution in [1.82, 2.24) is 9.62 Å². The number of hydrogen-bond donors (Lipinski definition) is 1. The van der Waals surface area contributed by atoms with Crippen molar-refractivity contribution in [3.05, 3.63) is 35.6 Å². The summed E-state index contributed by atoms with van der Waals surface area (Å²) in [5.41, 5.74) is 0.175. The molecule has 0 bridgehead atoms. The van der Waals surface area contributed by atoms with E-state index in [4.69, 9.17) is 0 Å². The minimum Gasteiger partial charge on any atom is -0.353 e. The zero-order chi connectivity index (χ0) is 17.7. The summed E-state index contributed by atoms with van der Waals surface area (Å²) in [5, 5.41) is 2.94. The molecule has 0 saturated carbocycles. The predicted molar refractivity (Wildman–Crippen MR) is 91.2 cm³/mol. The van der Waals surface area contributed by atoms with Crippen molar-refractivity contribution in [3.8, 4) is 0 Å². The lowest BCUT2D eigenvalue weighted by molar-refractivity contribution is -0.126. The van der Waals surface area contributed by atoms with Gasteiger partial charge < -0.3 is 5.32 Å². The quantitative estimate of drug-likeness (QED) is 0.850. The SMILES string of the molecule is CC[C@@H](C)NC(=O)C1CCN(S(=O)(=O)Cc2ccccc2F)CC1. The van der Waals surface area contributed by atoms with E-state index in [9.17, 15) is 17.6 Å². The summed E-state index contributed by atoms with van der Waals surface area (Å²) in [6.45, 7) is 4.56. The molecule has 7 heteroatoms. The molecule has 1 aromatic carbocycles. The van der Waals surface area contributed by atoms with Crippen LogP contribution in [0.5, 0.6) is 0 Å². The summed E-state index contributed by atoms with van der Waals surface area (Å²) in [6, 6.07) is 6.03. The van der Waals surface area contributed by atoms with Gasteiger partial charge in [0.25, 0.3) is 0 Å². The fraction of sp³-hybridized carbons (Fsp3) is 0.588. The normalized spacial score (nSPS) is 18.3. The van der Waals surface area contributed by atoms with Gasteiger partial charge in [0, 0.05) is 30.6 Å². The molecule has 1 amide bonds. The average molecular weight is 356 g/mol. The Bertz CT molecular complexity index is 670. The van der Waals surface area contributed by atoms with Gasteiger partial charge in [0.05, 0.1) is 5.75 Å². The van der Waals surface area contributed by atoms with Crippen molar-refractivity contribution in [2.75, 3.05) is 13.1 Å². The first kappa shape index (κ1) is 18.9. The monoisotopic (exact) mass is 356 g/mol. The van der Waals surface area contributed by atoms with Gasteiger partial charge in [0.15, 0.2) is 0 Å². The Morgan fingerprint density at radius 3 is 2.54 bits per heavy atom. The first-order chi connectivity index (χ1) is 11.3. The highest BCUT2D eigenvalue weighted by atomic mass is 32.2. The number of nitrogens with zero attached hydrogens (tertiary/aromatic N) is 1. The second kappa shape index (κ2) is 8.07. The standard InChI is InChI=1S/C17H25FN2O3S/c1-3-13(2)19-17(21)14-8-10-20(11-9-14)24(22,23)12-15-6-4-5-7-16(15)18/h4-7,13-14H,3,8-12H2,1-2H3,(H,19,21)/t13-/m1/s1. The van der Waals surface area contributed by atoms with Crippen molar-refractivity contribution in [3.63, 3.8) is 0 Å². The van der Waals surface area contributed by atoms with E-state index in [0.717, 1.165) is 6.42 Å². The number of piperidine rings is 1. The molecule has 0 radical (unpaired) electrons. The van der Waals surface area contributed by atoms with Crippen molar-refractivity contribution in [2.24, 2.45) is 5.92 Å². The Balaban J connectivity index is 1.93. The molecule has 2 rings (SSSR count). The first-order valence-electron chi connectivity index (χ1n) is 8.35. The Labute approximate surface area is 143 Å². The summed E-state index contributed by atoms with van der Waals surface area (Å²) in [5.74, 6) is -1.01. The maximum atomic E-state index is 13.7. The van der Waals surface area contributed by atoms with Crippen LogP contribution >= 0.6 is 0 Å². The second-order valence-electron chi connectivity index (χ2n) is 6.34. The maximum Gasteiger partial charge on any atom is 0.223 e. The van der Waals surface area contributed by atoms with Gasteiger partial charge in [-0.1, -0.05) is 25.1 Å². The van der Waals surface area contributed by atoms with Gasteiger partial charge in [-0.15, -0.1) is 0 Å². The van der Waals surface area contributed by atoms with Crippen LogP contribution in [0.3, 0.4) is 0 Å². The van der Waals surface area contributed by atoms with Gasteiger partial charge in [-0.25, -0.2) is 17.1 Å². The lowest BCUT2D eigenvalue weighted by Crippen LogP contribution is -2.45. The molecule has 24 heavy (non-hydrogen) atoms. The Morgan fingerprint density at radius 2 is 1.96 bits per heavy atom. The highest BCUT2D eigenvalue weighted by Crippen LogP contribution is 2.22. The van der Waals surface area contributed by atoms with E-state index in [-0.39, 0.29) is 29.2 Å². The molecule has 5 nitrogen and oxygen atoms in total. The Morgan fingerprint density at radius 1 is 1.33 bits per heavy atom.